The minimum Gasteiger partial charge on any atom is -0.249 e. The number of hydrogen-bond acceptors (Lipinski definition) is 2. The van der Waals surface area contributed by atoms with Crippen LogP contribution in [0, 0.1) is 13.8 Å². The summed E-state index contributed by atoms with van der Waals surface area (Å²) in [5.74, 6) is 0. The maximum Gasteiger partial charge on any atom is 0.104 e. The molecule has 0 saturated carbocycles. The van der Waals surface area contributed by atoms with E-state index < -0.39 is 0 Å². The van der Waals surface area contributed by atoms with E-state index in [9.17, 15) is 0 Å². The van der Waals surface area contributed by atoms with Crippen molar-refractivity contribution in [3.63, 3.8) is 0 Å². The maximum atomic E-state index is 4.51. The molecule has 0 atom stereocenters. The minimum atomic E-state index is 1.08. The van der Waals surface area contributed by atoms with Gasteiger partial charge in [-0.15, -0.1) is 0 Å². The second-order valence-electron chi connectivity index (χ2n) is 4.26. The summed E-state index contributed by atoms with van der Waals surface area (Å²) < 4.78 is 0. The second-order valence-corrected chi connectivity index (χ2v) is 5.29. The third kappa shape index (κ3) is 3.02. The fourth-order valence-corrected chi connectivity index (χ4v) is 2.71. The van der Waals surface area contributed by atoms with Crippen LogP contribution in [0.2, 0.25) is 0 Å². The molecule has 0 bridgehead atoms. The van der Waals surface area contributed by atoms with Crippen LogP contribution in [0.1, 0.15) is 23.6 Å². The van der Waals surface area contributed by atoms with Gasteiger partial charge in [0, 0.05) is 11.1 Å². The van der Waals surface area contributed by atoms with Gasteiger partial charge in [-0.05, 0) is 37.5 Å². The third-order valence-electron chi connectivity index (χ3n) is 2.69. The fraction of sp³-hybridized carbons (Fsp3) is 0.188. The number of aromatic nitrogens is 1. The van der Waals surface area contributed by atoms with Crippen LogP contribution in [0.25, 0.3) is 4.91 Å². The zero-order valence-electron chi connectivity index (χ0n) is 11.0. The molecule has 0 aliphatic heterocycles. The van der Waals surface area contributed by atoms with Crippen molar-refractivity contribution in [3.05, 3.63) is 65.4 Å². The minimum absolute atomic E-state index is 1.08. The van der Waals surface area contributed by atoms with Gasteiger partial charge in [0.2, 0.25) is 0 Å². The Morgan fingerprint density at radius 3 is 2.50 bits per heavy atom. The molecular formula is C16H17NS. The lowest BCUT2D eigenvalue weighted by molar-refractivity contribution is 1.06. The monoisotopic (exact) mass is 255 g/mol. The van der Waals surface area contributed by atoms with E-state index >= 15 is 0 Å². The van der Waals surface area contributed by atoms with Crippen molar-refractivity contribution < 1.29 is 0 Å². The first-order valence-electron chi connectivity index (χ1n) is 6.03. The van der Waals surface area contributed by atoms with Crippen molar-refractivity contribution in [2.75, 3.05) is 0 Å². The topological polar surface area (TPSA) is 12.9 Å². The van der Waals surface area contributed by atoms with Crippen molar-refractivity contribution in [1.29, 1.82) is 0 Å². The van der Waals surface area contributed by atoms with E-state index in [0.29, 0.717) is 0 Å². The number of thioether (sulfide) groups is 1. The van der Waals surface area contributed by atoms with Crippen LogP contribution in [0.4, 0.5) is 0 Å². The number of pyridine rings is 1. The molecule has 0 saturated heterocycles. The number of rotatable bonds is 3. The molecule has 0 radical (unpaired) electrons. The van der Waals surface area contributed by atoms with Crippen LogP contribution in [0.15, 0.2) is 53.7 Å². The predicted molar refractivity (Wildman–Crippen MR) is 79.7 cm³/mol. The molecule has 0 aliphatic carbocycles. The number of hydrogen-bond donors (Lipinski definition) is 0. The van der Waals surface area contributed by atoms with Gasteiger partial charge in [-0.2, -0.15) is 0 Å². The van der Waals surface area contributed by atoms with Crippen molar-refractivity contribution >= 4 is 16.7 Å². The summed E-state index contributed by atoms with van der Waals surface area (Å²) >= 11 is 1.73. The Morgan fingerprint density at radius 2 is 1.89 bits per heavy atom. The molecule has 0 amide bonds. The summed E-state index contributed by atoms with van der Waals surface area (Å²) in [7, 11) is 0. The highest BCUT2D eigenvalue weighted by molar-refractivity contribution is 8.08. The van der Waals surface area contributed by atoms with Gasteiger partial charge in [0.1, 0.15) is 5.03 Å². The van der Waals surface area contributed by atoms with E-state index in [0.717, 1.165) is 5.03 Å². The first-order valence-corrected chi connectivity index (χ1v) is 6.85. The molecular weight excluding hydrogens is 238 g/mol. The Labute approximate surface area is 113 Å². The van der Waals surface area contributed by atoms with Gasteiger partial charge < -0.3 is 0 Å². The Morgan fingerprint density at radius 1 is 1.17 bits per heavy atom. The highest BCUT2D eigenvalue weighted by atomic mass is 32.2. The smallest absolute Gasteiger partial charge is 0.104 e. The molecule has 1 aromatic heterocycles. The first kappa shape index (κ1) is 12.9. The Hall–Kier alpha value is -1.54. The molecule has 0 fully saturated rings. The van der Waals surface area contributed by atoms with Crippen LogP contribution in [0.5, 0.6) is 0 Å². The Balaban J connectivity index is 2.27. The summed E-state index contributed by atoms with van der Waals surface area (Å²) in [6.45, 7) is 6.25. The molecule has 0 aliphatic rings. The lowest BCUT2D eigenvalue weighted by Crippen LogP contribution is -1.88. The quantitative estimate of drug-likeness (QED) is 0.727. The largest absolute Gasteiger partial charge is 0.249 e. The van der Waals surface area contributed by atoms with Crippen LogP contribution in [-0.4, -0.2) is 4.98 Å². The van der Waals surface area contributed by atoms with Crippen LogP contribution < -0.4 is 0 Å². The molecule has 0 unspecified atom stereocenters. The summed E-state index contributed by atoms with van der Waals surface area (Å²) in [4.78, 5) is 5.76. The number of aryl methyl sites for hydroxylation is 2. The van der Waals surface area contributed by atoms with E-state index in [1.807, 2.05) is 12.3 Å². The number of allylic oxidation sites excluding steroid dienone is 1. The van der Waals surface area contributed by atoms with Gasteiger partial charge in [-0.25, -0.2) is 4.98 Å². The average Bonchev–Trinajstić information content (AvgIpc) is 2.39. The molecule has 18 heavy (non-hydrogen) atoms. The van der Waals surface area contributed by atoms with Gasteiger partial charge in [-0.1, -0.05) is 54.2 Å². The number of benzene rings is 1. The molecule has 1 aromatic carbocycles. The van der Waals surface area contributed by atoms with E-state index in [1.165, 1.54) is 21.6 Å². The maximum absolute atomic E-state index is 4.51. The van der Waals surface area contributed by atoms with Crippen molar-refractivity contribution in [1.82, 2.24) is 4.98 Å². The van der Waals surface area contributed by atoms with Gasteiger partial charge >= 0.3 is 0 Å². The van der Waals surface area contributed by atoms with Crippen LogP contribution >= 0.6 is 11.8 Å². The summed E-state index contributed by atoms with van der Waals surface area (Å²) in [6.07, 6.45) is 4.06. The van der Waals surface area contributed by atoms with E-state index in [1.54, 1.807) is 11.8 Å². The number of nitrogens with zero attached hydrogens (tertiary/aromatic N) is 1. The van der Waals surface area contributed by atoms with Gasteiger partial charge in [-0.3, -0.25) is 0 Å². The van der Waals surface area contributed by atoms with Gasteiger partial charge in [0.15, 0.2) is 0 Å². The lowest BCUT2D eigenvalue weighted by Gasteiger charge is -2.09. The second kappa shape index (κ2) is 5.87. The Kier molecular flexibility index (Phi) is 4.21. The molecule has 2 rings (SSSR count). The van der Waals surface area contributed by atoms with E-state index in [2.05, 4.69) is 62.2 Å². The predicted octanol–water partition coefficient (Wildman–Crippen LogP) is 4.85. The summed E-state index contributed by atoms with van der Waals surface area (Å²) in [5.41, 5.74) is 3.68. The van der Waals surface area contributed by atoms with Gasteiger partial charge in [0.25, 0.3) is 0 Å². The van der Waals surface area contributed by atoms with Crippen molar-refractivity contribution in [2.45, 2.75) is 25.8 Å². The highest BCUT2D eigenvalue weighted by Crippen LogP contribution is 2.34. The summed E-state index contributed by atoms with van der Waals surface area (Å²) in [5, 5.41) is 1.08. The molecule has 1 nitrogen and oxygen atoms in total. The van der Waals surface area contributed by atoms with E-state index in [-0.39, 0.29) is 0 Å². The highest BCUT2D eigenvalue weighted by Gasteiger charge is 2.06. The SMILES string of the molecule is C/C=C(\Sc1ncc(C)cc1C)c1ccccc1. The van der Waals surface area contributed by atoms with Crippen LogP contribution in [-0.2, 0) is 0 Å². The van der Waals surface area contributed by atoms with E-state index in [4.69, 9.17) is 0 Å². The molecule has 92 valence electrons. The lowest BCUT2D eigenvalue weighted by atomic mass is 10.2. The average molecular weight is 255 g/mol. The molecule has 0 N–H and O–H groups in total. The molecule has 2 heteroatoms. The molecule has 2 aromatic rings. The fourth-order valence-electron chi connectivity index (χ4n) is 1.80. The Bertz CT molecular complexity index is 559. The van der Waals surface area contributed by atoms with Crippen molar-refractivity contribution in [3.8, 4) is 0 Å². The van der Waals surface area contributed by atoms with Crippen molar-refractivity contribution in [2.24, 2.45) is 0 Å². The zero-order valence-corrected chi connectivity index (χ0v) is 11.8. The zero-order chi connectivity index (χ0) is 13.0. The standard InChI is InChI=1S/C16H17NS/c1-4-15(14-8-6-5-7-9-14)18-16-13(3)10-12(2)11-17-16/h4-11H,1-3H3/b15-4-. The van der Waals surface area contributed by atoms with Gasteiger partial charge in [0.05, 0.1) is 0 Å². The molecule has 1 heterocycles. The first-order chi connectivity index (χ1) is 8.70. The normalized spacial score (nSPS) is 11.6. The third-order valence-corrected chi connectivity index (χ3v) is 4.01. The molecule has 0 spiro atoms. The summed E-state index contributed by atoms with van der Waals surface area (Å²) in [6, 6.07) is 12.6. The van der Waals surface area contributed by atoms with Crippen LogP contribution in [0.3, 0.4) is 0 Å².